The van der Waals surface area contributed by atoms with Crippen molar-refractivity contribution in [1.82, 2.24) is 0 Å². The summed E-state index contributed by atoms with van der Waals surface area (Å²) in [6.45, 7) is 5.31. The number of aryl methyl sites for hydroxylation is 1. The quantitative estimate of drug-likeness (QED) is 0.115. The van der Waals surface area contributed by atoms with Gasteiger partial charge in [0.2, 0.25) is 0 Å². The van der Waals surface area contributed by atoms with Gasteiger partial charge in [0.05, 0.1) is 0 Å². The van der Waals surface area contributed by atoms with Gasteiger partial charge < -0.3 is 14.9 Å². The normalized spacial score (nSPS) is 29.2. The maximum Gasteiger partial charge on any atom is -0.00391 e. The number of benzene rings is 4. The van der Waals surface area contributed by atoms with E-state index in [1.54, 1.807) is 16.7 Å². The molecule has 9 aliphatic carbocycles. The third-order valence-electron chi connectivity index (χ3n) is 17.8. The van der Waals surface area contributed by atoms with E-state index >= 15 is 0 Å². The molecule has 0 aliphatic heterocycles. The predicted octanol–water partition coefficient (Wildman–Crippen LogP) is 17.4. The number of rotatable bonds is 6. The van der Waals surface area contributed by atoms with Crippen molar-refractivity contribution in [2.45, 2.75) is 139 Å². The van der Waals surface area contributed by atoms with Crippen LogP contribution in [0.15, 0.2) is 109 Å². The molecule has 0 amide bonds. The molecule has 4 heteroatoms. The van der Waals surface area contributed by atoms with E-state index in [1.165, 1.54) is 182 Å². The minimum atomic E-state index is 0. The number of hydrogen-bond acceptors (Lipinski definition) is 0. The van der Waals surface area contributed by atoms with Gasteiger partial charge in [0.25, 0.3) is 0 Å². The second-order valence-corrected chi connectivity index (χ2v) is 21.5. The molecule has 9 fully saturated rings. The van der Waals surface area contributed by atoms with Crippen LogP contribution in [0.4, 0.5) is 0 Å². The Hall–Kier alpha value is -2.22. The number of fused-ring (bicyclic) bond motifs is 2. The van der Waals surface area contributed by atoms with Crippen LogP contribution >= 0.6 is 24.8 Å². The molecular formula is C60H72Cl2SiZr-4. The van der Waals surface area contributed by atoms with Gasteiger partial charge in [-0.3, -0.25) is 0 Å². The summed E-state index contributed by atoms with van der Waals surface area (Å²) < 4.78 is 0. The second-order valence-electron chi connectivity index (χ2n) is 21.5. The smallest absolute Gasteiger partial charge is 0.00391 e. The predicted molar refractivity (Wildman–Crippen MR) is 278 cm³/mol. The summed E-state index contributed by atoms with van der Waals surface area (Å²) in [7, 11) is 0. The summed E-state index contributed by atoms with van der Waals surface area (Å²) in [5.41, 5.74) is 12.9. The largest absolute Gasteiger partial charge is 0.164 e. The van der Waals surface area contributed by atoms with Crippen LogP contribution in [0.1, 0.15) is 144 Å². The van der Waals surface area contributed by atoms with Crippen LogP contribution in [-0.4, -0.2) is 6.88 Å². The molecular weight excluding hydrogens is 911 g/mol. The molecule has 0 nitrogen and oxygen atoms in total. The maximum atomic E-state index is 3.06. The fraction of sp³-hybridized carbons (Fsp3) is 0.467. The van der Waals surface area contributed by atoms with Crippen molar-refractivity contribution in [1.29, 1.82) is 0 Å². The number of hydrogen-bond donors (Lipinski definition) is 0. The summed E-state index contributed by atoms with van der Waals surface area (Å²) >= 11 is 1.36. The molecule has 0 N–H and O–H groups in total. The molecule has 0 atom stereocenters. The number of halogens is 2. The average Bonchev–Trinajstić information content (AvgIpc) is 3.92. The summed E-state index contributed by atoms with van der Waals surface area (Å²) in [6.07, 6.45) is 26.0. The van der Waals surface area contributed by atoms with E-state index in [9.17, 15) is 0 Å². The molecule has 9 saturated carbocycles. The van der Waals surface area contributed by atoms with E-state index < -0.39 is 0 Å². The summed E-state index contributed by atoms with van der Waals surface area (Å²) in [6, 6.07) is 43.1. The molecule has 0 aromatic heterocycles. The fourth-order valence-electron chi connectivity index (χ4n) is 15.9. The Bertz CT molecular complexity index is 2390. The van der Waals surface area contributed by atoms with Crippen LogP contribution in [0.25, 0.3) is 43.8 Å². The second kappa shape index (κ2) is 20.6. The van der Waals surface area contributed by atoms with Crippen molar-refractivity contribution in [2.75, 3.05) is 0 Å². The maximum absolute atomic E-state index is 3.06. The molecule has 9 aliphatic rings. The SMILES string of the molecule is CCc1cc2c(-c3ccc(C45CC6CC(CC(C6)C4)C5)cc3)cccc2[cH-]1.Cl.Cl.[CH3-].[CH3-].[Si]=[Zr].c1cc(-c2ccc(C34CC5CC(CC(C5)C3)C4)cc2)c2cc(C3CCCCC3)[cH-]c2c1. The molecule has 2 radical (unpaired) electrons. The van der Waals surface area contributed by atoms with Crippen LogP contribution in [0.2, 0.25) is 0 Å². The fourth-order valence-corrected chi connectivity index (χ4v) is 15.9. The van der Waals surface area contributed by atoms with Crippen molar-refractivity contribution in [3.8, 4) is 22.3 Å². The average molecular weight is 983 g/mol. The van der Waals surface area contributed by atoms with E-state index in [2.05, 4.69) is 123 Å². The van der Waals surface area contributed by atoms with Gasteiger partial charge in [-0.05, 0) is 171 Å². The first-order valence-corrected chi connectivity index (χ1v) is 28.5. The van der Waals surface area contributed by atoms with Crippen molar-refractivity contribution >= 4 is 53.2 Å². The Morgan fingerprint density at radius 2 is 0.906 bits per heavy atom. The van der Waals surface area contributed by atoms with E-state index in [1.807, 2.05) is 0 Å². The van der Waals surface area contributed by atoms with Gasteiger partial charge >= 0.3 is 30.2 Å². The van der Waals surface area contributed by atoms with E-state index in [4.69, 9.17) is 0 Å². The van der Waals surface area contributed by atoms with Crippen molar-refractivity contribution in [3.63, 3.8) is 0 Å². The Labute approximate surface area is 416 Å². The van der Waals surface area contributed by atoms with Gasteiger partial charge in [0.15, 0.2) is 0 Å². The molecule has 8 bridgehead atoms. The van der Waals surface area contributed by atoms with Crippen LogP contribution in [0.5, 0.6) is 0 Å². The molecule has 15 rings (SSSR count). The Kier molecular flexibility index (Phi) is 16.0. The van der Waals surface area contributed by atoms with Gasteiger partial charge in [-0.15, -0.1) is 93.9 Å². The van der Waals surface area contributed by atoms with Crippen LogP contribution in [0.3, 0.4) is 0 Å². The first-order chi connectivity index (χ1) is 29.5. The Morgan fingerprint density at radius 1 is 0.516 bits per heavy atom. The zero-order valence-electron chi connectivity index (χ0n) is 39.0. The van der Waals surface area contributed by atoms with Crippen molar-refractivity contribution in [3.05, 3.63) is 146 Å². The summed E-state index contributed by atoms with van der Waals surface area (Å²) in [5.74, 6) is 6.88. The first kappa shape index (κ1) is 49.7. The Morgan fingerprint density at radius 3 is 1.31 bits per heavy atom. The molecule has 0 heterocycles. The molecule has 6 aromatic rings. The Balaban J connectivity index is 0.000000175. The van der Waals surface area contributed by atoms with E-state index in [0.717, 1.165) is 47.8 Å². The van der Waals surface area contributed by atoms with E-state index in [0.29, 0.717) is 10.8 Å². The summed E-state index contributed by atoms with van der Waals surface area (Å²) in [5, 5.41) is 5.69. The molecule has 0 saturated heterocycles. The van der Waals surface area contributed by atoms with Crippen LogP contribution in [0, 0.1) is 50.4 Å². The molecule has 0 unspecified atom stereocenters. The van der Waals surface area contributed by atoms with Crippen molar-refractivity contribution in [2.24, 2.45) is 35.5 Å². The standard InChI is InChI=1S/C31H35.C27H29.2CH3.2ClH.Si.Zr/c1-2-5-24(6-3-1)27-16-26-7-4-8-29(30(26)17-27)25-9-11-28(12-10-25)31-18-21-13-22(19-31)15-23(14-21)20-31;1-2-18-13-23-4-3-5-25(26(23)14-18)22-6-8-24(9-7-22)27-15-19-10-20(16-27)12-21(11-19)17-27;;;;;;/h4,7-12,16-17,21-24H,1-3,5-6,13-15,18-20H2;3-9,13-14,19-21H,2,10-12,15-17H2,1H3;2*1H3;2*1H;;/q4*-1;;;;. The molecule has 338 valence electrons. The molecule has 0 spiro atoms. The van der Waals surface area contributed by atoms with Gasteiger partial charge in [0.1, 0.15) is 0 Å². The van der Waals surface area contributed by atoms with Crippen LogP contribution < -0.4 is 0 Å². The third kappa shape index (κ3) is 9.21. The topological polar surface area (TPSA) is 0 Å². The van der Waals surface area contributed by atoms with E-state index in [-0.39, 0.29) is 39.7 Å². The third-order valence-corrected chi connectivity index (χ3v) is 17.8. The molecule has 64 heavy (non-hydrogen) atoms. The van der Waals surface area contributed by atoms with Crippen molar-refractivity contribution < 1.29 is 23.3 Å². The first-order valence-electron chi connectivity index (χ1n) is 24.3. The minimum Gasteiger partial charge on any atom is -0.164 e. The van der Waals surface area contributed by atoms with Gasteiger partial charge in [-0.25, -0.2) is 0 Å². The summed E-state index contributed by atoms with van der Waals surface area (Å²) in [4.78, 5) is 0. The molecule has 6 aromatic carbocycles. The van der Waals surface area contributed by atoms with Gasteiger partial charge in [-0.1, -0.05) is 98.0 Å². The monoisotopic (exact) mass is 980 g/mol. The zero-order valence-corrected chi connectivity index (χ0v) is 44.1. The minimum absolute atomic E-state index is 0. The van der Waals surface area contributed by atoms with Gasteiger partial charge in [-0.2, -0.15) is 12.1 Å². The zero-order chi connectivity index (χ0) is 40.4. The van der Waals surface area contributed by atoms with Crippen LogP contribution in [-0.2, 0) is 40.6 Å². The van der Waals surface area contributed by atoms with Gasteiger partial charge in [0, 0.05) is 0 Å².